The summed E-state index contributed by atoms with van der Waals surface area (Å²) in [4.78, 5) is 3.77. The lowest BCUT2D eigenvalue weighted by Crippen LogP contribution is -2.17. The molecule has 0 unspecified atom stereocenters. The van der Waals surface area contributed by atoms with Crippen LogP contribution in [-0.2, 0) is 9.84 Å². The number of benzene rings is 2. The fourth-order valence-corrected chi connectivity index (χ4v) is 6.72. The third kappa shape index (κ3) is 13.5. The standard InChI is InChI=1S/C36H49F4NO4S/c1-2-3-4-5-6-7-8-9-10-11-12-13-14-15-16-17-18-19-26-44-34-24-22-31(28-32(34)37)46(42,43)35-25-20-29-27-30(45-36(38,39)40)21-23-33(29)41-35/h20-25,27-28H,2-19,26H2,1H3. The Kier molecular flexibility index (Phi) is 16.1. The predicted octanol–water partition coefficient (Wildman–Crippen LogP) is 11.5. The Morgan fingerprint density at radius 1 is 0.674 bits per heavy atom. The summed E-state index contributed by atoms with van der Waals surface area (Å²) >= 11 is 0. The minimum Gasteiger partial charge on any atom is -0.491 e. The van der Waals surface area contributed by atoms with Gasteiger partial charge in [0.25, 0.3) is 0 Å². The van der Waals surface area contributed by atoms with Crippen molar-refractivity contribution in [1.82, 2.24) is 4.98 Å². The van der Waals surface area contributed by atoms with Crippen LogP contribution in [0.15, 0.2) is 58.5 Å². The number of pyridine rings is 1. The van der Waals surface area contributed by atoms with Gasteiger partial charge >= 0.3 is 6.36 Å². The lowest BCUT2D eigenvalue weighted by atomic mass is 10.0. The van der Waals surface area contributed by atoms with Crippen LogP contribution in [0.25, 0.3) is 10.9 Å². The molecular weight excluding hydrogens is 618 g/mol. The third-order valence-corrected chi connectivity index (χ3v) is 9.77. The van der Waals surface area contributed by atoms with Crippen molar-refractivity contribution in [2.45, 2.75) is 139 Å². The average Bonchev–Trinajstić information content (AvgIpc) is 3.01. The number of hydrogen-bond acceptors (Lipinski definition) is 5. The maximum atomic E-state index is 14.7. The van der Waals surface area contributed by atoms with E-state index >= 15 is 0 Å². The van der Waals surface area contributed by atoms with Crippen molar-refractivity contribution in [2.24, 2.45) is 0 Å². The first-order valence-electron chi connectivity index (χ1n) is 16.9. The maximum Gasteiger partial charge on any atom is 0.573 e. The summed E-state index contributed by atoms with van der Waals surface area (Å²) in [6.07, 6.45) is 18.2. The lowest BCUT2D eigenvalue weighted by Gasteiger charge is -2.11. The number of ether oxygens (including phenoxy) is 2. The predicted molar refractivity (Wildman–Crippen MR) is 175 cm³/mol. The summed E-state index contributed by atoms with van der Waals surface area (Å²) < 4.78 is 87.9. The van der Waals surface area contributed by atoms with Crippen molar-refractivity contribution in [1.29, 1.82) is 0 Å². The molecule has 0 N–H and O–H groups in total. The van der Waals surface area contributed by atoms with Crippen LogP contribution in [0.1, 0.15) is 122 Å². The molecule has 0 atom stereocenters. The molecule has 0 bridgehead atoms. The van der Waals surface area contributed by atoms with E-state index in [0.29, 0.717) is 6.61 Å². The van der Waals surface area contributed by atoms with Gasteiger partial charge in [-0.1, -0.05) is 116 Å². The van der Waals surface area contributed by atoms with Gasteiger partial charge in [0.2, 0.25) is 9.84 Å². The Bertz CT molecular complexity index is 1430. The Morgan fingerprint density at radius 2 is 1.22 bits per heavy atom. The summed E-state index contributed by atoms with van der Waals surface area (Å²) in [5, 5.41) is -0.0911. The number of fused-ring (bicyclic) bond motifs is 1. The number of aromatic nitrogens is 1. The van der Waals surface area contributed by atoms with Crippen LogP contribution in [0.2, 0.25) is 0 Å². The minimum atomic E-state index is -4.85. The minimum absolute atomic E-state index is 0.0189. The highest BCUT2D eigenvalue weighted by molar-refractivity contribution is 7.91. The van der Waals surface area contributed by atoms with Gasteiger partial charge in [-0.2, -0.15) is 0 Å². The second-order valence-corrected chi connectivity index (χ2v) is 13.9. The van der Waals surface area contributed by atoms with Crippen LogP contribution in [-0.4, -0.2) is 26.4 Å². The van der Waals surface area contributed by atoms with Crippen molar-refractivity contribution in [2.75, 3.05) is 6.61 Å². The highest BCUT2D eigenvalue weighted by Crippen LogP contribution is 2.29. The highest BCUT2D eigenvalue weighted by atomic mass is 32.2. The summed E-state index contributed by atoms with van der Waals surface area (Å²) in [5.74, 6) is -1.26. The molecule has 256 valence electrons. The zero-order valence-corrected chi connectivity index (χ0v) is 27.9. The number of rotatable bonds is 23. The third-order valence-electron chi connectivity index (χ3n) is 8.11. The quantitative estimate of drug-likeness (QED) is 0.0744. The topological polar surface area (TPSA) is 65.5 Å². The van der Waals surface area contributed by atoms with Gasteiger partial charge in [0, 0.05) is 5.39 Å². The van der Waals surface area contributed by atoms with Gasteiger partial charge in [-0.25, -0.2) is 17.8 Å². The molecule has 0 radical (unpaired) electrons. The van der Waals surface area contributed by atoms with Crippen molar-refractivity contribution >= 4 is 20.7 Å². The maximum absolute atomic E-state index is 14.7. The normalized spacial score (nSPS) is 12.1. The molecule has 0 amide bonds. The smallest absolute Gasteiger partial charge is 0.491 e. The number of unbranched alkanes of at least 4 members (excludes halogenated alkanes) is 17. The molecule has 3 rings (SSSR count). The van der Waals surface area contributed by atoms with E-state index in [1.807, 2.05) is 0 Å². The van der Waals surface area contributed by atoms with Gasteiger partial charge in [0.05, 0.1) is 17.0 Å². The number of halogens is 4. The zero-order valence-electron chi connectivity index (χ0n) is 27.1. The second-order valence-electron chi connectivity index (χ2n) is 12.0. The van der Waals surface area contributed by atoms with E-state index < -0.39 is 27.8 Å². The van der Waals surface area contributed by atoms with Gasteiger partial charge in [-0.15, -0.1) is 13.2 Å². The van der Waals surface area contributed by atoms with Crippen LogP contribution in [0, 0.1) is 5.82 Å². The molecule has 3 aromatic rings. The SMILES string of the molecule is CCCCCCCCCCCCCCCCCCCCOc1ccc(S(=O)(=O)c2ccc3cc(OC(F)(F)F)ccc3n2)cc1F. The molecule has 1 aromatic heterocycles. The molecule has 10 heteroatoms. The molecule has 1 heterocycles. The van der Waals surface area contributed by atoms with E-state index in [4.69, 9.17) is 4.74 Å². The van der Waals surface area contributed by atoms with Crippen LogP contribution in [0.3, 0.4) is 0 Å². The molecule has 0 fully saturated rings. The van der Waals surface area contributed by atoms with E-state index in [9.17, 15) is 26.0 Å². The van der Waals surface area contributed by atoms with E-state index in [0.717, 1.165) is 43.5 Å². The van der Waals surface area contributed by atoms with E-state index in [1.165, 1.54) is 121 Å². The number of sulfone groups is 1. The molecule has 2 aromatic carbocycles. The van der Waals surface area contributed by atoms with Crippen molar-refractivity contribution in [3.8, 4) is 11.5 Å². The summed E-state index contributed by atoms with van der Waals surface area (Å²) in [7, 11) is -4.18. The summed E-state index contributed by atoms with van der Waals surface area (Å²) in [6, 6.07) is 9.32. The monoisotopic (exact) mass is 667 g/mol. The molecule has 0 saturated heterocycles. The fourth-order valence-electron chi connectivity index (χ4n) is 5.50. The molecule has 0 aliphatic heterocycles. The van der Waals surface area contributed by atoms with Crippen molar-refractivity contribution in [3.63, 3.8) is 0 Å². The summed E-state index contributed by atoms with van der Waals surface area (Å²) in [6.45, 7) is 2.60. The summed E-state index contributed by atoms with van der Waals surface area (Å²) in [5.41, 5.74) is 0.153. The van der Waals surface area contributed by atoms with Crippen molar-refractivity contribution < 1.29 is 35.5 Å². The lowest BCUT2D eigenvalue weighted by molar-refractivity contribution is -0.274. The van der Waals surface area contributed by atoms with Crippen LogP contribution < -0.4 is 9.47 Å². The van der Waals surface area contributed by atoms with E-state index in [-0.39, 0.29) is 26.6 Å². The Balaban J connectivity index is 1.29. The first-order chi connectivity index (χ1) is 22.1. The Labute approximate surface area is 272 Å². The van der Waals surface area contributed by atoms with Gasteiger partial charge in [-0.05, 0) is 55.0 Å². The zero-order chi connectivity index (χ0) is 33.3. The number of hydrogen-bond donors (Lipinski definition) is 0. The number of nitrogens with zero attached hydrogens (tertiary/aromatic N) is 1. The van der Waals surface area contributed by atoms with Crippen LogP contribution in [0.4, 0.5) is 17.6 Å². The molecule has 0 aliphatic rings. The molecule has 46 heavy (non-hydrogen) atoms. The van der Waals surface area contributed by atoms with E-state index in [1.54, 1.807) is 0 Å². The second kappa shape index (κ2) is 19.7. The van der Waals surface area contributed by atoms with Gasteiger partial charge in [-0.3, -0.25) is 0 Å². The van der Waals surface area contributed by atoms with Crippen molar-refractivity contribution in [3.05, 3.63) is 54.3 Å². The first-order valence-corrected chi connectivity index (χ1v) is 18.4. The molecular formula is C36H49F4NO4S. The van der Waals surface area contributed by atoms with Crippen LogP contribution in [0.5, 0.6) is 11.5 Å². The first kappa shape index (κ1) is 37.6. The Morgan fingerprint density at radius 3 is 1.74 bits per heavy atom. The fraction of sp³-hybridized carbons (Fsp3) is 0.583. The van der Waals surface area contributed by atoms with Gasteiger partial charge in [0.1, 0.15) is 5.75 Å². The molecule has 0 spiro atoms. The Hall–Kier alpha value is -2.88. The molecule has 5 nitrogen and oxygen atoms in total. The highest BCUT2D eigenvalue weighted by Gasteiger charge is 2.31. The molecule has 0 aliphatic carbocycles. The largest absolute Gasteiger partial charge is 0.573 e. The molecule has 0 saturated carbocycles. The van der Waals surface area contributed by atoms with Gasteiger partial charge < -0.3 is 9.47 Å². The average molecular weight is 668 g/mol. The van der Waals surface area contributed by atoms with Gasteiger partial charge in [0.15, 0.2) is 16.6 Å². The van der Waals surface area contributed by atoms with Crippen LogP contribution >= 0.6 is 0 Å². The van der Waals surface area contributed by atoms with E-state index in [2.05, 4.69) is 16.6 Å². The number of alkyl halides is 3.